The summed E-state index contributed by atoms with van der Waals surface area (Å²) in [4.78, 5) is 11.8. The zero-order chi connectivity index (χ0) is 12.7. The Kier molecular flexibility index (Phi) is 2.05. The molecule has 0 amide bonds. The molecule has 0 radical (unpaired) electrons. The van der Waals surface area contributed by atoms with E-state index in [1.54, 1.807) is 6.33 Å². The van der Waals surface area contributed by atoms with Crippen molar-refractivity contribution >= 4 is 28.2 Å². The van der Waals surface area contributed by atoms with Gasteiger partial charge in [0.05, 0.1) is 5.39 Å². The van der Waals surface area contributed by atoms with Crippen molar-refractivity contribution in [3.05, 3.63) is 55.1 Å². The Morgan fingerprint density at radius 3 is 2.95 bits per heavy atom. The number of benzene rings is 1. The molecule has 2 N–H and O–H groups in total. The first-order valence-corrected chi connectivity index (χ1v) is 6.03. The molecule has 3 aromatic heterocycles. The molecule has 0 atom stereocenters. The van der Waals surface area contributed by atoms with Crippen LogP contribution in [0.25, 0.3) is 16.7 Å². The number of H-pyrrole nitrogens is 1. The van der Waals surface area contributed by atoms with Gasteiger partial charge in [-0.1, -0.05) is 18.2 Å². The van der Waals surface area contributed by atoms with E-state index < -0.39 is 0 Å². The fourth-order valence-corrected chi connectivity index (χ4v) is 2.25. The van der Waals surface area contributed by atoms with Gasteiger partial charge in [0, 0.05) is 18.1 Å². The Morgan fingerprint density at radius 1 is 1.16 bits per heavy atom. The van der Waals surface area contributed by atoms with Gasteiger partial charge in [-0.2, -0.15) is 0 Å². The minimum atomic E-state index is 0. The van der Waals surface area contributed by atoms with Crippen LogP contribution in [0.5, 0.6) is 0 Å². The number of nitrogens with one attached hydrogen (secondary N) is 2. The highest BCUT2D eigenvalue weighted by molar-refractivity contribution is 5.93. The highest BCUT2D eigenvalue weighted by atomic mass is 15.1. The molecule has 0 aliphatic carbocycles. The van der Waals surface area contributed by atoms with Crippen LogP contribution in [0.1, 0.15) is 1.43 Å². The predicted molar refractivity (Wildman–Crippen MR) is 75.7 cm³/mol. The first-order chi connectivity index (χ1) is 9.42. The van der Waals surface area contributed by atoms with Gasteiger partial charge in [-0.15, -0.1) is 0 Å². The second-order valence-corrected chi connectivity index (χ2v) is 4.31. The fourth-order valence-electron chi connectivity index (χ4n) is 2.25. The fraction of sp³-hybridized carbons (Fsp3) is 0. The number of para-hydroxylation sites is 1. The van der Waals surface area contributed by atoms with Gasteiger partial charge in [0.2, 0.25) is 0 Å². The molecule has 0 bridgehead atoms. The first-order valence-electron chi connectivity index (χ1n) is 6.03. The highest BCUT2D eigenvalue weighted by Crippen LogP contribution is 2.25. The number of nitrogens with zero attached hydrogens (tertiary/aromatic N) is 3. The van der Waals surface area contributed by atoms with Crippen molar-refractivity contribution in [1.82, 2.24) is 19.4 Å². The lowest BCUT2D eigenvalue weighted by Gasteiger charge is -2.05. The molecule has 5 nitrogen and oxygen atoms in total. The molecule has 0 spiro atoms. The van der Waals surface area contributed by atoms with E-state index in [1.807, 2.05) is 53.2 Å². The number of fused-ring (bicyclic) bond motifs is 3. The van der Waals surface area contributed by atoms with Gasteiger partial charge in [0.1, 0.15) is 17.8 Å². The minimum Gasteiger partial charge on any atom is -0.346 e. The van der Waals surface area contributed by atoms with E-state index in [4.69, 9.17) is 0 Å². The van der Waals surface area contributed by atoms with Crippen LogP contribution in [0.15, 0.2) is 55.1 Å². The van der Waals surface area contributed by atoms with Crippen LogP contribution < -0.4 is 5.32 Å². The van der Waals surface area contributed by atoms with Crippen molar-refractivity contribution in [2.24, 2.45) is 0 Å². The molecule has 4 aromatic rings. The maximum Gasteiger partial charge on any atom is 1.00 e. The Morgan fingerprint density at radius 2 is 2.05 bits per heavy atom. The van der Waals surface area contributed by atoms with Crippen molar-refractivity contribution in [2.45, 2.75) is 0 Å². The summed E-state index contributed by atoms with van der Waals surface area (Å²) in [5, 5.41) is 4.32. The SMILES string of the molecule is [H+].c1ccc(Nc2ncnc3c2cc2[nH]ccn23)cc1. The monoisotopic (exact) mass is 250 g/mol. The van der Waals surface area contributed by atoms with Crippen molar-refractivity contribution in [3.63, 3.8) is 0 Å². The number of hydrogen-bond donors (Lipinski definition) is 2. The average molecular weight is 250 g/mol. The molecule has 0 saturated carbocycles. The van der Waals surface area contributed by atoms with Crippen LogP contribution >= 0.6 is 0 Å². The molecule has 19 heavy (non-hydrogen) atoms. The van der Waals surface area contributed by atoms with E-state index in [0.29, 0.717) is 0 Å². The number of aromatic amines is 1. The van der Waals surface area contributed by atoms with Gasteiger partial charge in [-0.25, -0.2) is 9.97 Å². The Balaban J connectivity index is 0.00000121. The Labute approximate surface area is 110 Å². The average Bonchev–Trinajstić information content (AvgIpc) is 3.01. The van der Waals surface area contributed by atoms with E-state index in [-0.39, 0.29) is 1.43 Å². The number of rotatable bonds is 2. The third kappa shape index (κ3) is 1.55. The minimum absolute atomic E-state index is 0. The van der Waals surface area contributed by atoms with E-state index in [9.17, 15) is 0 Å². The molecule has 0 aliphatic heterocycles. The summed E-state index contributed by atoms with van der Waals surface area (Å²) >= 11 is 0. The molecule has 4 rings (SSSR count). The maximum atomic E-state index is 4.34. The summed E-state index contributed by atoms with van der Waals surface area (Å²) in [5.74, 6) is 0.813. The van der Waals surface area contributed by atoms with Crippen molar-refractivity contribution in [1.29, 1.82) is 0 Å². The lowest BCUT2D eigenvalue weighted by atomic mass is 10.3. The van der Waals surface area contributed by atoms with Crippen LogP contribution in [0.3, 0.4) is 0 Å². The maximum absolute atomic E-state index is 4.34. The van der Waals surface area contributed by atoms with Crippen LogP contribution in [0, 0.1) is 0 Å². The van der Waals surface area contributed by atoms with Crippen LogP contribution in [0.4, 0.5) is 11.5 Å². The molecule has 1 aromatic carbocycles. The number of anilines is 2. The standard InChI is InChI=1S/C14H11N5/c1-2-4-10(5-3-1)18-13-11-8-12-15-6-7-19(12)14(11)17-9-16-13/h1-9,15H,(H,16,17,18)/p+1. The van der Waals surface area contributed by atoms with Gasteiger partial charge in [-0.05, 0) is 18.2 Å². The molecule has 0 aliphatic rings. The first kappa shape index (κ1) is 10.1. The largest absolute Gasteiger partial charge is 1.00 e. The predicted octanol–water partition coefficient (Wildman–Crippen LogP) is 3.07. The van der Waals surface area contributed by atoms with E-state index in [2.05, 4.69) is 20.3 Å². The van der Waals surface area contributed by atoms with Crippen LogP contribution in [0.2, 0.25) is 0 Å². The normalized spacial score (nSPS) is 11.2. The second kappa shape index (κ2) is 3.84. The molecular weight excluding hydrogens is 238 g/mol. The number of imidazole rings is 1. The molecule has 92 valence electrons. The van der Waals surface area contributed by atoms with Crippen molar-refractivity contribution in [2.75, 3.05) is 5.32 Å². The summed E-state index contributed by atoms with van der Waals surface area (Å²) < 4.78 is 2.01. The van der Waals surface area contributed by atoms with Gasteiger partial charge in [-0.3, -0.25) is 4.40 Å². The zero-order valence-electron chi connectivity index (χ0n) is 11.0. The summed E-state index contributed by atoms with van der Waals surface area (Å²) in [6.45, 7) is 0. The quantitative estimate of drug-likeness (QED) is 0.575. The molecule has 0 saturated heterocycles. The lowest BCUT2D eigenvalue weighted by molar-refractivity contribution is 1.16. The lowest BCUT2D eigenvalue weighted by Crippen LogP contribution is -1.95. The zero-order valence-corrected chi connectivity index (χ0v) is 10.0. The summed E-state index contributed by atoms with van der Waals surface area (Å²) in [6, 6.07) is 12.0. The van der Waals surface area contributed by atoms with Crippen molar-refractivity contribution < 1.29 is 1.43 Å². The summed E-state index contributed by atoms with van der Waals surface area (Å²) in [6.07, 6.45) is 5.42. The molecule has 0 fully saturated rings. The van der Waals surface area contributed by atoms with Crippen LogP contribution in [-0.4, -0.2) is 19.4 Å². The topological polar surface area (TPSA) is 58.0 Å². The number of hydrogen-bond acceptors (Lipinski definition) is 3. The Hall–Kier alpha value is -2.82. The summed E-state index contributed by atoms with van der Waals surface area (Å²) in [7, 11) is 0. The number of aromatic nitrogens is 4. The van der Waals surface area contributed by atoms with E-state index >= 15 is 0 Å². The van der Waals surface area contributed by atoms with E-state index in [0.717, 1.165) is 28.2 Å². The van der Waals surface area contributed by atoms with Gasteiger partial charge >= 0.3 is 1.43 Å². The second-order valence-electron chi connectivity index (χ2n) is 4.31. The Bertz CT molecular complexity index is 850. The molecular formula is C14H12N5+. The van der Waals surface area contributed by atoms with Gasteiger partial charge in [0.15, 0.2) is 5.65 Å². The molecule has 3 heterocycles. The third-order valence-electron chi connectivity index (χ3n) is 3.12. The van der Waals surface area contributed by atoms with Crippen molar-refractivity contribution in [3.8, 4) is 0 Å². The highest BCUT2D eigenvalue weighted by Gasteiger charge is 2.09. The van der Waals surface area contributed by atoms with Crippen LogP contribution in [-0.2, 0) is 0 Å². The smallest absolute Gasteiger partial charge is 0.346 e. The van der Waals surface area contributed by atoms with E-state index in [1.165, 1.54) is 0 Å². The van der Waals surface area contributed by atoms with Gasteiger partial charge in [0.25, 0.3) is 0 Å². The van der Waals surface area contributed by atoms with Gasteiger partial charge < -0.3 is 10.3 Å². The summed E-state index contributed by atoms with van der Waals surface area (Å²) in [5.41, 5.74) is 2.91. The molecule has 5 heteroatoms. The third-order valence-corrected chi connectivity index (χ3v) is 3.12. The molecule has 0 unspecified atom stereocenters.